The number of ether oxygens (including phenoxy) is 3. The Hall–Kier alpha value is -1.10. The molecule has 1 unspecified atom stereocenters. The molecule has 120 valence electrons. The third-order valence-corrected chi connectivity index (χ3v) is 3.32. The summed E-state index contributed by atoms with van der Waals surface area (Å²) in [5.74, 6) is 0.945. The highest BCUT2D eigenvalue weighted by atomic mass is 16.5. The minimum atomic E-state index is 0.304. The average molecular weight is 295 g/mol. The molecule has 0 aliphatic carbocycles. The third kappa shape index (κ3) is 6.93. The van der Waals surface area contributed by atoms with Gasteiger partial charge >= 0.3 is 0 Å². The Kier molecular flexibility index (Phi) is 9.87. The van der Waals surface area contributed by atoms with Crippen LogP contribution < -0.4 is 10.1 Å². The van der Waals surface area contributed by atoms with Crippen molar-refractivity contribution in [1.82, 2.24) is 5.32 Å². The van der Waals surface area contributed by atoms with E-state index in [1.807, 2.05) is 12.1 Å². The molecule has 0 aliphatic heterocycles. The van der Waals surface area contributed by atoms with Crippen LogP contribution in [0.5, 0.6) is 5.75 Å². The lowest BCUT2D eigenvalue weighted by molar-refractivity contribution is 0.145. The molecule has 0 aliphatic rings. The standard InChI is InChI=1S/C17H29NO3/c1-4-11-18-16(9-7-12-19-2)15-8-5-6-10-17(15)21-14-13-20-3/h5-6,8,10,16,18H,4,7,9,11-14H2,1-3H3. The molecule has 0 bridgehead atoms. The fourth-order valence-corrected chi connectivity index (χ4v) is 2.25. The summed E-state index contributed by atoms with van der Waals surface area (Å²) in [7, 11) is 3.43. The van der Waals surface area contributed by atoms with Crippen LogP contribution in [0.25, 0.3) is 0 Å². The van der Waals surface area contributed by atoms with Crippen molar-refractivity contribution in [1.29, 1.82) is 0 Å². The maximum absolute atomic E-state index is 5.85. The van der Waals surface area contributed by atoms with Gasteiger partial charge in [-0.25, -0.2) is 0 Å². The molecule has 0 saturated carbocycles. The van der Waals surface area contributed by atoms with Crippen molar-refractivity contribution in [3.8, 4) is 5.75 Å². The Morgan fingerprint density at radius 1 is 1.05 bits per heavy atom. The topological polar surface area (TPSA) is 39.7 Å². The average Bonchev–Trinajstić information content (AvgIpc) is 2.52. The zero-order valence-electron chi connectivity index (χ0n) is 13.6. The van der Waals surface area contributed by atoms with Crippen LogP contribution in [0, 0.1) is 0 Å². The summed E-state index contributed by atoms with van der Waals surface area (Å²) in [5.41, 5.74) is 1.22. The molecule has 1 rings (SSSR count). The van der Waals surface area contributed by atoms with E-state index in [-0.39, 0.29) is 0 Å². The fourth-order valence-electron chi connectivity index (χ4n) is 2.25. The molecule has 0 aromatic heterocycles. The number of rotatable bonds is 12. The van der Waals surface area contributed by atoms with E-state index in [2.05, 4.69) is 24.4 Å². The van der Waals surface area contributed by atoms with Gasteiger partial charge in [0.1, 0.15) is 12.4 Å². The number of para-hydroxylation sites is 1. The normalized spacial score (nSPS) is 12.3. The molecule has 4 nitrogen and oxygen atoms in total. The van der Waals surface area contributed by atoms with Crippen molar-refractivity contribution < 1.29 is 14.2 Å². The van der Waals surface area contributed by atoms with E-state index in [0.717, 1.165) is 38.2 Å². The van der Waals surface area contributed by atoms with E-state index in [9.17, 15) is 0 Å². The van der Waals surface area contributed by atoms with Crippen molar-refractivity contribution in [2.45, 2.75) is 32.2 Å². The molecule has 0 amide bonds. The summed E-state index contributed by atoms with van der Waals surface area (Å²) in [6, 6.07) is 8.55. The van der Waals surface area contributed by atoms with Crippen molar-refractivity contribution in [2.75, 3.05) is 40.6 Å². The second-order valence-electron chi connectivity index (χ2n) is 5.02. The van der Waals surface area contributed by atoms with Gasteiger partial charge in [0.2, 0.25) is 0 Å². The zero-order valence-corrected chi connectivity index (χ0v) is 13.6. The fraction of sp³-hybridized carbons (Fsp3) is 0.647. The van der Waals surface area contributed by atoms with Crippen molar-refractivity contribution in [3.63, 3.8) is 0 Å². The van der Waals surface area contributed by atoms with Crippen molar-refractivity contribution in [3.05, 3.63) is 29.8 Å². The van der Waals surface area contributed by atoms with Crippen LogP contribution in [0.2, 0.25) is 0 Å². The lowest BCUT2D eigenvalue weighted by Gasteiger charge is -2.22. The van der Waals surface area contributed by atoms with Gasteiger partial charge in [0.15, 0.2) is 0 Å². The van der Waals surface area contributed by atoms with Gasteiger partial charge in [0.25, 0.3) is 0 Å². The van der Waals surface area contributed by atoms with E-state index < -0.39 is 0 Å². The predicted octanol–water partition coefficient (Wildman–Crippen LogP) is 3.18. The van der Waals surface area contributed by atoms with Crippen LogP contribution in [0.1, 0.15) is 37.8 Å². The lowest BCUT2D eigenvalue weighted by atomic mass is 10.0. The highest BCUT2D eigenvalue weighted by Crippen LogP contribution is 2.28. The minimum Gasteiger partial charge on any atom is -0.491 e. The summed E-state index contributed by atoms with van der Waals surface area (Å²) < 4.78 is 16.1. The first-order valence-corrected chi connectivity index (χ1v) is 7.76. The Balaban J connectivity index is 2.73. The van der Waals surface area contributed by atoms with Crippen molar-refractivity contribution in [2.24, 2.45) is 0 Å². The third-order valence-electron chi connectivity index (χ3n) is 3.32. The predicted molar refractivity (Wildman–Crippen MR) is 86.0 cm³/mol. The molecule has 0 fully saturated rings. The molecule has 0 radical (unpaired) electrons. The summed E-state index contributed by atoms with van der Waals surface area (Å²) >= 11 is 0. The first kappa shape index (κ1) is 18.0. The lowest BCUT2D eigenvalue weighted by Crippen LogP contribution is -2.23. The first-order chi connectivity index (χ1) is 10.3. The summed E-state index contributed by atoms with van der Waals surface area (Å²) in [5, 5.41) is 3.61. The van der Waals surface area contributed by atoms with Gasteiger partial charge in [0, 0.05) is 32.4 Å². The van der Waals surface area contributed by atoms with E-state index in [0.29, 0.717) is 19.3 Å². The van der Waals surface area contributed by atoms with Gasteiger partial charge < -0.3 is 19.5 Å². The number of hydrogen-bond donors (Lipinski definition) is 1. The van der Waals surface area contributed by atoms with Gasteiger partial charge in [-0.15, -0.1) is 0 Å². The SMILES string of the molecule is CCCNC(CCCOC)c1ccccc1OCCOC. The van der Waals surface area contributed by atoms with Gasteiger partial charge in [-0.05, 0) is 31.9 Å². The van der Waals surface area contributed by atoms with E-state index >= 15 is 0 Å². The molecule has 1 aromatic carbocycles. The Morgan fingerprint density at radius 2 is 1.81 bits per heavy atom. The zero-order chi connectivity index (χ0) is 15.3. The van der Waals surface area contributed by atoms with Gasteiger partial charge in [-0.2, -0.15) is 0 Å². The van der Waals surface area contributed by atoms with Gasteiger partial charge in [-0.3, -0.25) is 0 Å². The maximum Gasteiger partial charge on any atom is 0.124 e. The number of benzene rings is 1. The van der Waals surface area contributed by atoms with E-state index in [1.165, 1.54) is 5.56 Å². The molecule has 1 atom stereocenters. The number of methoxy groups -OCH3 is 2. The second-order valence-corrected chi connectivity index (χ2v) is 5.02. The number of hydrogen-bond acceptors (Lipinski definition) is 4. The van der Waals surface area contributed by atoms with Gasteiger partial charge in [-0.1, -0.05) is 25.1 Å². The Morgan fingerprint density at radius 3 is 2.52 bits per heavy atom. The summed E-state index contributed by atoms with van der Waals surface area (Å²) in [6.07, 6.45) is 3.19. The van der Waals surface area contributed by atoms with Crippen LogP contribution in [-0.4, -0.2) is 40.6 Å². The van der Waals surface area contributed by atoms with Crippen LogP contribution in [0.15, 0.2) is 24.3 Å². The molecule has 1 aromatic rings. The largest absolute Gasteiger partial charge is 0.491 e. The molecule has 0 spiro atoms. The summed E-state index contributed by atoms with van der Waals surface area (Å²) in [4.78, 5) is 0. The van der Waals surface area contributed by atoms with E-state index in [1.54, 1.807) is 14.2 Å². The molecule has 1 N–H and O–H groups in total. The highest BCUT2D eigenvalue weighted by Gasteiger charge is 2.15. The van der Waals surface area contributed by atoms with E-state index in [4.69, 9.17) is 14.2 Å². The molecule has 21 heavy (non-hydrogen) atoms. The van der Waals surface area contributed by atoms with Gasteiger partial charge in [0.05, 0.1) is 6.61 Å². The molecular weight excluding hydrogens is 266 g/mol. The minimum absolute atomic E-state index is 0.304. The molecule has 0 heterocycles. The van der Waals surface area contributed by atoms with Crippen LogP contribution in [-0.2, 0) is 9.47 Å². The monoisotopic (exact) mass is 295 g/mol. The second kappa shape index (κ2) is 11.5. The molecule has 0 saturated heterocycles. The molecule has 4 heteroatoms. The van der Waals surface area contributed by atoms with Crippen LogP contribution in [0.4, 0.5) is 0 Å². The van der Waals surface area contributed by atoms with Crippen LogP contribution in [0.3, 0.4) is 0 Å². The smallest absolute Gasteiger partial charge is 0.124 e. The number of nitrogens with one attached hydrogen (secondary N) is 1. The Labute approximate surface area is 128 Å². The first-order valence-electron chi connectivity index (χ1n) is 7.76. The van der Waals surface area contributed by atoms with Crippen LogP contribution >= 0.6 is 0 Å². The Bertz CT molecular complexity index is 371. The maximum atomic E-state index is 5.85. The quantitative estimate of drug-likeness (QED) is 0.601. The van der Waals surface area contributed by atoms with Crippen molar-refractivity contribution >= 4 is 0 Å². The summed E-state index contributed by atoms with van der Waals surface area (Å²) in [6.45, 7) is 5.15. The molecular formula is C17H29NO3. The highest BCUT2D eigenvalue weighted by molar-refractivity contribution is 5.36.